The molecule has 2 aliphatic heterocycles. The smallest absolute Gasteiger partial charge is 0.321 e. The molecule has 4 nitrogen and oxygen atoms in total. The minimum absolute atomic E-state index is 0.0456. The Bertz CT molecular complexity index is 343. The van der Waals surface area contributed by atoms with Gasteiger partial charge in [0, 0.05) is 22.4 Å². The fourth-order valence-corrected chi connectivity index (χ4v) is 5.83. The molecule has 0 saturated carbocycles. The summed E-state index contributed by atoms with van der Waals surface area (Å²) in [5.74, 6) is 1.33. The number of aliphatic carboxylic acids is 1. The third-order valence-corrected chi connectivity index (χ3v) is 6.82. The van der Waals surface area contributed by atoms with E-state index in [1.165, 1.54) is 5.75 Å². The average molecular weight is 305 g/mol. The number of hydrogen-bond acceptors (Lipinski definition) is 5. The van der Waals surface area contributed by atoms with Crippen LogP contribution in [0.25, 0.3) is 0 Å². The molecule has 0 radical (unpaired) electrons. The van der Waals surface area contributed by atoms with Crippen LogP contribution in [-0.4, -0.2) is 50.8 Å². The number of carboxylic acids is 1. The highest BCUT2D eigenvalue weighted by molar-refractivity contribution is 8.01. The van der Waals surface area contributed by atoms with Crippen LogP contribution in [-0.2, 0) is 9.53 Å². The maximum absolute atomic E-state index is 11.1. The minimum atomic E-state index is -0.921. The topological polar surface area (TPSA) is 72.5 Å². The summed E-state index contributed by atoms with van der Waals surface area (Å²) >= 11 is 3.68. The normalized spacial score (nSPS) is 33.5. The van der Waals surface area contributed by atoms with Gasteiger partial charge >= 0.3 is 5.97 Å². The zero-order chi connectivity index (χ0) is 14.1. The van der Waals surface area contributed by atoms with Gasteiger partial charge in [-0.2, -0.15) is 11.8 Å². The molecule has 3 atom stereocenters. The number of carboxylic acid groups (broad SMARTS) is 1. The molecule has 2 heterocycles. The minimum Gasteiger partial charge on any atom is -0.480 e. The van der Waals surface area contributed by atoms with Crippen molar-refractivity contribution >= 4 is 29.5 Å². The lowest BCUT2D eigenvalue weighted by Crippen LogP contribution is -2.49. The van der Waals surface area contributed by atoms with Gasteiger partial charge in [-0.15, -0.1) is 11.8 Å². The van der Waals surface area contributed by atoms with E-state index in [0.29, 0.717) is 5.25 Å². The van der Waals surface area contributed by atoms with E-state index >= 15 is 0 Å². The molecule has 6 heteroatoms. The Morgan fingerprint density at radius 1 is 1.63 bits per heavy atom. The standard InChI is InChI=1S/C13H23NO3S2/c1-12(2,10(14)11(15)16)19-9-3-5-17-13(7-9)4-6-18-8-13/h9-10H,3-8,14H2,1-2H3,(H,15,16)/t9?,10-,13?/m1/s1. The van der Waals surface area contributed by atoms with Crippen LogP contribution < -0.4 is 5.73 Å². The van der Waals surface area contributed by atoms with Gasteiger partial charge in [-0.05, 0) is 38.9 Å². The van der Waals surface area contributed by atoms with Crippen molar-refractivity contribution in [3.05, 3.63) is 0 Å². The fourth-order valence-electron chi connectivity index (χ4n) is 2.75. The van der Waals surface area contributed by atoms with Crippen molar-refractivity contribution in [2.45, 2.75) is 54.7 Å². The molecule has 2 saturated heterocycles. The Kier molecular flexibility index (Phi) is 4.75. The van der Waals surface area contributed by atoms with Gasteiger partial charge in [-0.1, -0.05) is 0 Å². The van der Waals surface area contributed by atoms with E-state index in [2.05, 4.69) is 0 Å². The highest BCUT2D eigenvalue weighted by Gasteiger charge is 2.43. The summed E-state index contributed by atoms with van der Waals surface area (Å²) in [4.78, 5) is 11.1. The first-order valence-corrected chi connectivity index (χ1v) is 8.76. The van der Waals surface area contributed by atoms with Crippen LogP contribution >= 0.6 is 23.5 Å². The number of ether oxygens (including phenoxy) is 1. The predicted octanol–water partition coefficient (Wildman–Crippen LogP) is 1.96. The number of carbonyl (C=O) groups is 1. The van der Waals surface area contributed by atoms with Crippen molar-refractivity contribution in [3.8, 4) is 0 Å². The molecule has 110 valence electrons. The molecule has 0 bridgehead atoms. The lowest BCUT2D eigenvalue weighted by atomic mass is 9.93. The van der Waals surface area contributed by atoms with Crippen molar-refractivity contribution in [1.82, 2.24) is 0 Å². The number of rotatable bonds is 4. The van der Waals surface area contributed by atoms with Gasteiger partial charge in [0.1, 0.15) is 6.04 Å². The largest absolute Gasteiger partial charge is 0.480 e. The molecule has 3 N–H and O–H groups in total. The Balaban J connectivity index is 1.96. The van der Waals surface area contributed by atoms with E-state index in [0.717, 1.165) is 31.6 Å². The highest BCUT2D eigenvalue weighted by Crippen LogP contribution is 2.44. The van der Waals surface area contributed by atoms with Gasteiger partial charge in [0.25, 0.3) is 0 Å². The lowest BCUT2D eigenvalue weighted by molar-refractivity contribution is -0.139. The van der Waals surface area contributed by atoms with Crippen LogP contribution in [0.2, 0.25) is 0 Å². The molecule has 0 aromatic heterocycles. The molecule has 0 amide bonds. The summed E-state index contributed by atoms with van der Waals surface area (Å²) in [6.07, 6.45) is 3.15. The Labute approximate surface area is 123 Å². The number of thioether (sulfide) groups is 2. The summed E-state index contributed by atoms with van der Waals surface area (Å²) in [6, 6.07) is -0.825. The second-order valence-electron chi connectivity index (χ2n) is 5.99. The first kappa shape index (κ1) is 15.5. The van der Waals surface area contributed by atoms with Crippen molar-refractivity contribution < 1.29 is 14.6 Å². The second-order valence-corrected chi connectivity index (χ2v) is 9.05. The first-order valence-electron chi connectivity index (χ1n) is 6.73. The van der Waals surface area contributed by atoms with E-state index in [1.54, 1.807) is 11.8 Å². The molecule has 0 aromatic carbocycles. The van der Waals surface area contributed by atoms with E-state index in [4.69, 9.17) is 15.6 Å². The quantitative estimate of drug-likeness (QED) is 0.827. The third-order valence-electron chi connectivity index (χ3n) is 4.00. The summed E-state index contributed by atoms with van der Waals surface area (Å²) in [7, 11) is 0. The van der Waals surface area contributed by atoms with Gasteiger partial charge in [-0.25, -0.2) is 0 Å². The Hall–Kier alpha value is 0.0900. The highest BCUT2D eigenvalue weighted by atomic mass is 32.2. The average Bonchev–Trinajstić information content (AvgIpc) is 2.75. The number of hydrogen-bond donors (Lipinski definition) is 2. The molecule has 2 aliphatic rings. The van der Waals surface area contributed by atoms with Gasteiger partial charge in [0.2, 0.25) is 0 Å². The fraction of sp³-hybridized carbons (Fsp3) is 0.923. The van der Waals surface area contributed by atoms with Crippen LogP contribution in [0, 0.1) is 0 Å². The van der Waals surface area contributed by atoms with Crippen LogP contribution in [0.5, 0.6) is 0 Å². The van der Waals surface area contributed by atoms with E-state index in [1.807, 2.05) is 25.6 Å². The molecule has 1 spiro atoms. The monoisotopic (exact) mass is 305 g/mol. The summed E-state index contributed by atoms with van der Waals surface area (Å²) in [5, 5.41) is 9.54. The van der Waals surface area contributed by atoms with E-state index in [-0.39, 0.29) is 5.60 Å². The van der Waals surface area contributed by atoms with E-state index < -0.39 is 16.8 Å². The molecule has 2 fully saturated rings. The Morgan fingerprint density at radius 3 is 2.95 bits per heavy atom. The zero-order valence-electron chi connectivity index (χ0n) is 11.6. The van der Waals surface area contributed by atoms with Gasteiger partial charge < -0.3 is 15.6 Å². The zero-order valence-corrected chi connectivity index (χ0v) is 13.2. The number of nitrogens with two attached hydrogens (primary N) is 1. The van der Waals surface area contributed by atoms with Crippen molar-refractivity contribution in [2.24, 2.45) is 5.73 Å². The summed E-state index contributed by atoms with van der Waals surface area (Å²) in [6.45, 7) is 4.65. The van der Waals surface area contributed by atoms with Crippen LogP contribution in [0.3, 0.4) is 0 Å². The molecular formula is C13H23NO3S2. The first-order chi connectivity index (χ1) is 8.85. The summed E-state index contributed by atoms with van der Waals surface area (Å²) < 4.78 is 5.55. The maximum atomic E-state index is 11.1. The van der Waals surface area contributed by atoms with Gasteiger partial charge in [0.15, 0.2) is 0 Å². The van der Waals surface area contributed by atoms with E-state index in [9.17, 15) is 4.79 Å². The molecular weight excluding hydrogens is 282 g/mol. The summed E-state index contributed by atoms with van der Waals surface area (Å²) in [5.41, 5.74) is 5.85. The maximum Gasteiger partial charge on any atom is 0.321 e. The van der Waals surface area contributed by atoms with Crippen LogP contribution in [0.4, 0.5) is 0 Å². The van der Waals surface area contributed by atoms with Crippen molar-refractivity contribution in [3.63, 3.8) is 0 Å². The predicted molar refractivity (Wildman–Crippen MR) is 80.9 cm³/mol. The second kappa shape index (κ2) is 5.84. The molecule has 0 aromatic rings. The molecule has 19 heavy (non-hydrogen) atoms. The van der Waals surface area contributed by atoms with Crippen LogP contribution in [0.1, 0.15) is 33.1 Å². The third kappa shape index (κ3) is 3.60. The molecule has 0 aliphatic carbocycles. The molecule has 2 unspecified atom stereocenters. The van der Waals surface area contributed by atoms with Gasteiger partial charge in [0.05, 0.1) is 5.60 Å². The SMILES string of the molecule is CC(C)(SC1CCOC2(CCSC2)C1)[C@H](N)C(=O)O. The lowest BCUT2D eigenvalue weighted by Gasteiger charge is -2.41. The van der Waals surface area contributed by atoms with Gasteiger partial charge in [-0.3, -0.25) is 4.79 Å². The van der Waals surface area contributed by atoms with Crippen molar-refractivity contribution in [2.75, 3.05) is 18.1 Å². The Morgan fingerprint density at radius 2 is 2.37 bits per heavy atom. The van der Waals surface area contributed by atoms with Crippen LogP contribution in [0.15, 0.2) is 0 Å². The molecule has 2 rings (SSSR count). The van der Waals surface area contributed by atoms with Crippen molar-refractivity contribution in [1.29, 1.82) is 0 Å².